The normalized spacial score (nSPS) is 15.3. The number of ether oxygens (including phenoxy) is 1. The van der Waals surface area contributed by atoms with Gasteiger partial charge in [-0.1, -0.05) is 63.1 Å². The first-order chi connectivity index (χ1) is 20.3. The average molecular weight is 618 g/mol. The van der Waals surface area contributed by atoms with Crippen LogP contribution in [0.4, 0.5) is 23.7 Å². The van der Waals surface area contributed by atoms with Gasteiger partial charge in [0.2, 0.25) is 0 Å². The third-order valence-electron chi connectivity index (χ3n) is 6.44. The molecule has 0 heterocycles. The topological polar surface area (TPSA) is 87.1 Å². The van der Waals surface area contributed by atoms with Crippen LogP contribution in [0.3, 0.4) is 0 Å². The standard InChI is InChI=1S/C24H35N5OS.C8H7F3O/c1-6-7-14-26-22(25-5)18-9-11-19(12-10-18)27-23(30)29-24(31)28-21-15-17(4)8-13-20(21)16(2)3;1-6-2-4-7(5-3-6)12-8(9,10)11/h8-9,13-16,19H,6-7,10-12H2,1-5H3,(H3,27,28,29,30,31);2-5H,1H3. The number of rotatable bonds is 7. The van der Waals surface area contributed by atoms with Gasteiger partial charge in [-0.05, 0) is 92.6 Å². The summed E-state index contributed by atoms with van der Waals surface area (Å²) in [5.74, 6) is 0.958. The second-order valence-corrected chi connectivity index (χ2v) is 10.9. The Morgan fingerprint density at radius 2 is 1.81 bits per heavy atom. The van der Waals surface area contributed by atoms with Crippen LogP contribution >= 0.6 is 12.2 Å². The van der Waals surface area contributed by atoms with Crippen molar-refractivity contribution in [2.45, 2.75) is 85.0 Å². The molecule has 2 amide bonds. The van der Waals surface area contributed by atoms with Crippen molar-refractivity contribution in [2.75, 3.05) is 12.4 Å². The van der Waals surface area contributed by atoms with Crippen LogP contribution in [0, 0.1) is 13.8 Å². The smallest absolute Gasteiger partial charge is 0.406 e. The average Bonchev–Trinajstić information content (AvgIpc) is 2.92. The summed E-state index contributed by atoms with van der Waals surface area (Å²) in [5, 5.41) is 9.22. The molecule has 0 radical (unpaired) electrons. The molecule has 0 fully saturated rings. The molecular formula is C32H42F3N5O2S. The summed E-state index contributed by atoms with van der Waals surface area (Å²) >= 11 is 5.36. The van der Waals surface area contributed by atoms with Crippen LogP contribution in [0.1, 0.15) is 75.5 Å². The minimum atomic E-state index is -4.60. The summed E-state index contributed by atoms with van der Waals surface area (Å²) in [5.41, 5.74) is 5.27. The second-order valence-electron chi connectivity index (χ2n) is 10.5. The van der Waals surface area contributed by atoms with E-state index in [1.807, 2.05) is 19.2 Å². The Kier molecular flexibility index (Phi) is 14.4. The number of thiocarbonyl (C=S) groups is 1. The number of amidine groups is 1. The number of halogens is 3. The van der Waals surface area contributed by atoms with Gasteiger partial charge in [0, 0.05) is 25.0 Å². The minimum absolute atomic E-state index is 0.0643. The Balaban J connectivity index is 0.000000448. The van der Waals surface area contributed by atoms with Crippen molar-refractivity contribution in [3.63, 3.8) is 0 Å². The van der Waals surface area contributed by atoms with E-state index in [0.717, 1.165) is 65.9 Å². The number of anilines is 1. The summed E-state index contributed by atoms with van der Waals surface area (Å²) < 4.78 is 38.5. The molecule has 1 unspecified atom stereocenters. The number of nitrogens with zero attached hydrogens (tertiary/aromatic N) is 2. The van der Waals surface area contributed by atoms with Crippen molar-refractivity contribution in [3.8, 4) is 5.75 Å². The molecule has 0 bridgehead atoms. The maximum absolute atomic E-state index is 12.4. The second kappa shape index (κ2) is 17.4. The lowest BCUT2D eigenvalue weighted by Gasteiger charge is -2.23. The zero-order valence-electron chi connectivity index (χ0n) is 25.6. The minimum Gasteiger partial charge on any atom is -0.406 e. The van der Waals surface area contributed by atoms with Gasteiger partial charge in [0.25, 0.3) is 0 Å². The van der Waals surface area contributed by atoms with Crippen LogP contribution < -0.4 is 20.7 Å². The van der Waals surface area contributed by atoms with Crippen LogP contribution in [0.2, 0.25) is 0 Å². The number of nitrogens with one attached hydrogen (secondary N) is 3. The molecule has 3 N–H and O–H groups in total. The van der Waals surface area contributed by atoms with E-state index in [0.29, 0.717) is 11.0 Å². The van der Waals surface area contributed by atoms with Gasteiger partial charge in [0.1, 0.15) is 11.6 Å². The molecule has 0 aliphatic heterocycles. The summed E-state index contributed by atoms with van der Waals surface area (Å²) in [6, 6.07) is 11.7. The van der Waals surface area contributed by atoms with Gasteiger partial charge in [-0.3, -0.25) is 10.3 Å². The van der Waals surface area contributed by atoms with E-state index < -0.39 is 6.36 Å². The highest BCUT2D eigenvalue weighted by atomic mass is 32.1. The lowest BCUT2D eigenvalue weighted by atomic mass is 9.94. The highest BCUT2D eigenvalue weighted by molar-refractivity contribution is 7.80. The van der Waals surface area contributed by atoms with Gasteiger partial charge >= 0.3 is 12.4 Å². The van der Waals surface area contributed by atoms with Crippen molar-refractivity contribution >= 4 is 41.1 Å². The largest absolute Gasteiger partial charge is 0.573 e. The number of unbranched alkanes of at least 4 members (excludes halogenated alkanes) is 1. The molecule has 234 valence electrons. The van der Waals surface area contributed by atoms with Crippen LogP contribution in [0.15, 0.2) is 64.1 Å². The fourth-order valence-electron chi connectivity index (χ4n) is 4.23. The van der Waals surface area contributed by atoms with Gasteiger partial charge in [0.05, 0.1) is 0 Å². The fraction of sp³-hybridized carbons (Fsp3) is 0.438. The number of aryl methyl sites for hydroxylation is 2. The number of amides is 2. The zero-order valence-corrected chi connectivity index (χ0v) is 26.5. The number of benzene rings is 2. The SMILES string of the molecule is CCCC=NC(=NC)C1=CCC(NC(=O)NC(=S)Nc2cc(C)ccc2C(C)C)CC1.Cc1ccc(OC(F)(F)F)cc1. The third kappa shape index (κ3) is 13.4. The predicted octanol–water partition coefficient (Wildman–Crippen LogP) is 8.39. The van der Waals surface area contributed by atoms with E-state index in [2.05, 4.69) is 69.7 Å². The molecule has 1 atom stereocenters. The van der Waals surface area contributed by atoms with Gasteiger partial charge in [-0.25, -0.2) is 9.79 Å². The molecule has 1 aliphatic rings. The Hall–Kier alpha value is -3.73. The van der Waals surface area contributed by atoms with Crippen molar-refractivity contribution in [2.24, 2.45) is 9.98 Å². The molecule has 0 saturated heterocycles. The lowest BCUT2D eigenvalue weighted by Crippen LogP contribution is -2.46. The van der Waals surface area contributed by atoms with Crippen LogP contribution in [0.5, 0.6) is 5.75 Å². The number of aliphatic imine (C=N–C) groups is 2. The van der Waals surface area contributed by atoms with Crippen molar-refractivity contribution < 1.29 is 22.7 Å². The summed E-state index contributed by atoms with van der Waals surface area (Å²) in [7, 11) is 1.77. The maximum Gasteiger partial charge on any atom is 0.573 e. The molecular weight excluding hydrogens is 575 g/mol. The monoisotopic (exact) mass is 617 g/mol. The molecule has 2 aromatic rings. The van der Waals surface area contributed by atoms with Gasteiger partial charge < -0.3 is 15.4 Å². The van der Waals surface area contributed by atoms with E-state index >= 15 is 0 Å². The van der Waals surface area contributed by atoms with E-state index in [1.165, 1.54) is 12.1 Å². The predicted molar refractivity (Wildman–Crippen MR) is 173 cm³/mol. The highest BCUT2D eigenvalue weighted by Crippen LogP contribution is 2.26. The summed E-state index contributed by atoms with van der Waals surface area (Å²) in [4.78, 5) is 21.2. The molecule has 1 aliphatic carbocycles. The molecule has 43 heavy (non-hydrogen) atoms. The van der Waals surface area contributed by atoms with E-state index in [4.69, 9.17) is 12.2 Å². The third-order valence-corrected chi connectivity index (χ3v) is 6.64. The summed E-state index contributed by atoms with van der Waals surface area (Å²) in [6.45, 7) is 10.2. The molecule has 11 heteroatoms. The highest BCUT2D eigenvalue weighted by Gasteiger charge is 2.30. The summed E-state index contributed by atoms with van der Waals surface area (Å²) in [6.07, 6.45) is 3.90. The number of hydrogen-bond donors (Lipinski definition) is 3. The Labute approximate surface area is 258 Å². The first kappa shape index (κ1) is 35.5. The number of hydrogen-bond acceptors (Lipinski definition) is 4. The van der Waals surface area contributed by atoms with Gasteiger partial charge in [-0.2, -0.15) is 0 Å². The first-order valence-corrected chi connectivity index (χ1v) is 14.7. The molecule has 0 spiro atoms. The molecule has 0 saturated carbocycles. The van der Waals surface area contributed by atoms with Gasteiger partial charge in [0.15, 0.2) is 5.11 Å². The van der Waals surface area contributed by atoms with Crippen molar-refractivity contribution in [3.05, 3.63) is 70.8 Å². The fourth-order valence-corrected chi connectivity index (χ4v) is 4.44. The molecule has 0 aromatic heterocycles. The Morgan fingerprint density at radius 3 is 2.37 bits per heavy atom. The number of alkyl halides is 3. The Morgan fingerprint density at radius 1 is 1.14 bits per heavy atom. The lowest BCUT2D eigenvalue weighted by molar-refractivity contribution is -0.274. The number of carbonyl (C=O) groups is 1. The molecule has 3 rings (SSSR count). The van der Waals surface area contributed by atoms with E-state index in [-0.39, 0.29) is 17.8 Å². The maximum atomic E-state index is 12.4. The van der Waals surface area contributed by atoms with Crippen LogP contribution in [0.25, 0.3) is 0 Å². The van der Waals surface area contributed by atoms with E-state index in [9.17, 15) is 18.0 Å². The Bertz CT molecular complexity index is 1310. The van der Waals surface area contributed by atoms with Gasteiger partial charge in [-0.15, -0.1) is 13.2 Å². The van der Waals surface area contributed by atoms with Crippen LogP contribution in [-0.2, 0) is 0 Å². The van der Waals surface area contributed by atoms with Crippen molar-refractivity contribution in [1.82, 2.24) is 10.6 Å². The quantitative estimate of drug-likeness (QED) is 0.165. The number of carbonyl (C=O) groups excluding carboxylic acids is 1. The molecule has 2 aromatic carbocycles. The zero-order chi connectivity index (χ0) is 32.0. The van der Waals surface area contributed by atoms with E-state index in [1.54, 1.807) is 26.1 Å². The number of urea groups is 1. The first-order valence-electron chi connectivity index (χ1n) is 14.3. The van der Waals surface area contributed by atoms with Crippen molar-refractivity contribution in [1.29, 1.82) is 0 Å². The molecule has 7 nitrogen and oxygen atoms in total. The van der Waals surface area contributed by atoms with Crippen LogP contribution in [-0.4, -0.2) is 42.6 Å².